The highest BCUT2D eigenvalue weighted by molar-refractivity contribution is 6.69. The van der Waals surface area contributed by atoms with E-state index in [0.29, 0.717) is 43.8 Å². The highest BCUT2D eigenvalue weighted by Crippen LogP contribution is 2.40. The summed E-state index contributed by atoms with van der Waals surface area (Å²) >= 11 is 0. The minimum Gasteiger partial charge on any atom is -0.456 e. The monoisotopic (exact) mass is 796 g/mol. The number of para-hydroxylation sites is 2. The lowest BCUT2D eigenvalue weighted by atomic mass is 9.64. The molecule has 14 radical (unpaired) electrons. The minimum atomic E-state index is 0.163. The Morgan fingerprint density at radius 3 is 1.64 bits per heavy atom. The molecule has 3 heterocycles. The minimum absolute atomic E-state index is 0.163. The molecule has 0 unspecified atom stereocenters. The highest BCUT2D eigenvalue weighted by Gasteiger charge is 2.25. The standard InChI is InChI=1S/C54H27B7N2O/c55-46-43(47(56)51(60)53-44(46)45-48(57)49(58)50(59)52(61)54(45)62(53)32-21-24-42-37(27-32)34-16-8-10-18-41(34)64-42)31-20-23-40-36(26-31)35-25-30(28-11-3-1-4-12-28)19-22-39(35)63(40)38-17-9-7-15-33(38)29-13-5-2-6-14-29/h1-27H. The molecule has 0 fully saturated rings. The van der Waals surface area contributed by atoms with Gasteiger partial charge >= 0.3 is 0 Å². The number of hydrogen-bond acceptors (Lipinski definition) is 1. The van der Waals surface area contributed by atoms with Gasteiger partial charge in [-0.2, -0.15) is 0 Å². The van der Waals surface area contributed by atoms with Gasteiger partial charge in [-0.3, -0.25) is 0 Å². The van der Waals surface area contributed by atoms with E-state index in [1.54, 1.807) is 0 Å². The first kappa shape index (κ1) is 38.5. The molecule has 0 spiro atoms. The van der Waals surface area contributed by atoms with Crippen LogP contribution >= 0.6 is 0 Å². The average molecular weight is 796 g/mol. The van der Waals surface area contributed by atoms with Crippen molar-refractivity contribution >= 4 is 159 Å². The lowest BCUT2D eigenvalue weighted by molar-refractivity contribution is 0.669. The predicted molar refractivity (Wildman–Crippen MR) is 276 cm³/mol. The molecule has 3 aromatic heterocycles. The molecule has 0 aliphatic heterocycles. The molecule has 0 aliphatic carbocycles. The van der Waals surface area contributed by atoms with Crippen LogP contribution in [0.5, 0.6) is 0 Å². The lowest BCUT2D eigenvalue weighted by Crippen LogP contribution is -2.48. The largest absolute Gasteiger partial charge is 0.456 e. The van der Waals surface area contributed by atoms with Gasteiger partial charge in [0, 0.05) is 49.2 Å². The van der Waals surface area contributed by atoms with Crippen LogP contribution in [0.3, 0.4) is 0 Å². The van der Waals surface area contributed by atoms with Crippen LogP contribution in [-0.2, 0) is 0 Å². The van der Waals surface area contributed by atoms with Gasteiger partial charge in [0.1, 0.15) is 66.1 Å². The van der Waals surface area contributed by atoms with E-state index in [4.69, 9.17) is 59.3 Å². The molecule has 3 nitrogen and oxygen atoms in total. The Morgan fingerprint density at radius 2 is 0.906 bits per heavy atom. The highest BCUT2D eigenvalue weighted by atomic mass is 16.3. The second-order valence-electron chi connectivity index (χ2n) is 16.4. The Kier molecular flexibility index (Phi) is 8.69. The van der Waals surface area contributed by atoms with Gasteiger partial charge in [-0.05, 0) is 87.8 Å². The SMILES string of the molecule is [B]c1c([B])c([B])c2c(c1[B])c1c([B])c(-c3ccc4c(c3)c3cc(-c5ccccc5)ccc3n4-c3ccccc3-c3ccccc3)c([B])c([B])c1n2-c1ccc2oc3ccccc3c2c1. The molecule has 0 amide bonds. The van der Waals surface area contributed by atoms with Gasteiger partial charge in [0.15, 0.2) is 0 Å². The molecule has 64 heavy (non-hydrogen) atoms. The second kappa shape index (κ2) is 14.4. The summed E-state index contributed by atoms with van der Waals surface area (Å²) in [6, 6.07) is 56.1. The van der Waals surface area contributed by atoms with E-state index in [9.17, 15) is 0 Å². The van der Waals surface area contributed by atoms with E-state index in [-0.39, 0.29) is 21.9 Å². The molecular formula is C54H27B7N2O. The fourth-order valence-corrected chi connectivity index (χ4v) is 9.89. The van der Waals surface area contributed by atoms with Crippen LogP contribution in [0.4, 0.5) is 0 Å². The van der Waals surface area contributed by atoms with E-state index in [1.807, 2.05) is 59.2 Å². The van der Waals surface area contributed by atoms with Crippen molar-refractivity contribution in [3.8, 4) is 44.8 Å². The molecule has 12 aromatic rings. The van der Waals surface area contributed by atoms with Gasteiger partial charge in [0.2, 0.25) is 0 Å². The number of benzene rings is 9. The fourth-order valence-electron chi connectivity index (χ4n) is 9.89. The summed E-state index contributed by atoms with van der Waals surface area (Å²) in [4.78, 5) is 0. The Bertz CT molecular complexity index is 3930. The summed E-state index contributed by atoms with van der Waals surface area (Å²) in [6.07, 6.45) is 0. The first-order valence-corrected chi connectivity index (χ1v) is 21.0. The number of hydrogen-bond donors (Lipinski definition) is 0. The molecule has 0 N–H and O–H groups in total. The van der Waals surface area contributed by atoms with Crippen LogP contribution in [0.1, 0.15) is 0 Å². The maximum absolute atomic E-state index is 7.43. The Hall–Kier alpha value is -7.17. The quantitative estimate of drug-likeness (QED) is 0.187. The van der Waals surface area contributed by atoms with Gasteiger partial charge in [-0.1, -0.05) is 137 Å². The number of aromatic nitrogens is 2. The zero-order chi connectivity index (χ0) is 43.5. The Balaban J connectivity index is 1.15. The van der Waals surface area contributed by atoms with Crippen LogP contribution in [0.25, 0.3) is 110 Å². The van der Waals surface area contributed by atoms with Gasteiger partial charge in [0.05, 0.1) is 16.7 Å². The van der Waals surface area contributed by atoms with Crippen LogP contribution in [0.2, 0.25) is 0 Å². The number of nitrogens with zero attached hydrogens (tertiary/aromatic N) is 2. The van der Waals surface area contributed by atoms with Crippen molar-refractivity contribution in [2.75, 3.05) is 0 Å². The van der Waals surface area contributed by atoms with Crippen LogP contribution in [0, 0.1) is 0 Å². The van der Waals surface area contributed by atoms with Crippen molar-refractivity contribution < 1.29 is 4.42 Å². The fraction of sp³-hybridized carbons (Fsp3) is 0. The smallest absolute Gasteiger partial charge is 0.135 e. The van der Waals surface area contributed by atoms with Crippen molar-refractivity contribution in [1.29, 1.82) is 0 Å². The van der Waals surface area contributed by atoms with Gasteiger partial charge in [-0.25, -0.2) is 0 Å². The molecule has 0 aliphatic rings. The summed E-state index contributed by atoms with van der Waals surface area (Å²) in [5.41, 5.74) is 14.0. The van der Waals surface area contributed by atoms with Crippen molar-refractivity contribution in [1.82, 2.24) is 9.13 Å². The maximum atomic E-state index is 7.43. The second-order valence-corrected chi connectivity index (χ2v) is 16.4. The summed E-state index contributed by atoms with van der Waals surface area (Å²) in [5.74, 6) is 0. The van der Waals surface area contributed by atoms with Crippen molar-refractivity contribution in [3.05, 3.63) is 164 Å². The van der Waals surface area contributed by atoms with Crippen molar-refractivity contribution in [2.45, 2.75) is 0 Å². The normalized spacial score (nSPS) is 11.9. The van der Waals surface area contributed by atoms with Crippen molar-refractivity contribution in [3.63, 3.8) is 0 Å². The molecule has 0 atom stereocenters. The van der Waals surface area contributed by atoms with E-state index in [0.717, 1.165) is 82.9 Å². The molecule has 0 bridgehead atoms. The van der Waals surface area contributed by atoms with E-state index >= 15 is 0 Å². The van der Waals surface area contributed by atoms with Crippen molar-refractivity contribution in [2.24, 2.45) is 0 Å². The maximum Gasteiger partial charge on any atom is 0.135 e. The van der Waals surface area contributed by atoms with Gasteiger partial charge in [-0.15, -0.1) is 10.9 Å². The van der Waals surface area contributed by atoms with Crippen LogP contribution in [0.15, 0.2) is 168 Å². The topological polar surface area (TPSA) is 23.0 Å². The third kappa shape index (κ3) is 5.51. The Labute approximate surface area is 379 Å². The molecular weight excluding hydrogens is 768 g/mol. The first-order valence-electron chi connectivity index (χ1n) is 21.0. The number of rotatable bonds is 5. The number of furan rings is 1. The predicted octanol–water partition coefficient (Wildman–Crippen LogP) is 6.34. The first-order chi connectivity index (χ1) is 31.2. The van der Waals surface area contributed by atoms with Gasteiger partial charge < -0.3 is 13.6 Å². The average Bonchev–Trinajstić information content (AvgIpc) is 4.00. The zero-order valence-corrected chi connectivity index (χ0v) is 34.4. The molecule has 12 rings (SSSR count). The third-order valence-corrected chi connectivity index (χ3v) is 12.9. The van der Waals surface area contributed by atoms with Gasteiger partial charge in [0.25, 0.3) is 0 Å². The molecule has 0 saturated carbocycles. The summed E-state index contributed by atoms with van der Waals surface area (Å²) in [7, 11) is 48.9. The van der Waals surface area contributed by atoms with E-state index in [1.165, 1.54) is 0 Å². The van der Waals surface area contributed by atoms with E-state index in [2.05, 4.69) is 114 Å². The van der Waals surface area contributed by atoms with Crippen LogP contribution in [-0.4, -0.2) is 64.1 Å². The summed E-state index contributed by atoms with van der Waals surface area (Å²) in [6.45, 7) is 0. The zero-order valence-electron chi connectivity index (χ0n) is 34.4. The Morgan fingerprint density at radius 1 is 0.344 bits per heavy atom. The lowest BCUT2D eigenvalue weighted by Gasteiger charge is -2.19. The van der Waals surface area contributed by atoms with Crippen LogP contribution < -0.4 is 38.2 Å². The third-order valence-electron chi connectivity index (χ3n) is 12.9. The molecule has 280 valence electrons. The molecule has 0 saturated heterocycles. The molecule has 10 heteroatoms. The summed E-state index contributed by atoms with van der Waals surface area (Å²) in [5, 5.41) is 5.03. The van der Waals surface area contributed by atoms with E-state index < -0.39 is 0 Å². The summed E-state index contributed by atoms with van der Waals surface area (Å²) < 4.78 is 10.5. The number of fused-ring (bicyclic) bond motifs is 9. The molecule has 9 aromatic carbocycles.